The summed E-state index contributed by atoms with van der Waals surface area (Å²) in [4.78, 5) is 0.375. The Morgan fingerprint density at radius 3 is 2.20 bits per heavy atom. The van der Waals surface area contributed by atoms with Gasteiger partial charge in [-0.25, -0.2) is 0 Å². The minimum Gasteiger partial charge on any atom is -0.396 e. The van der Waals surface area contributed by atoms with Gasteiger partial charge in [-0.05, 0) is 13.8 Å². The molecule has 0 aromatic heterocycles. The molecule has 0 aromatic rings. The molecule has 0 aliphatic heterocycles. The van der Waals surface area contributed by atoms with E-state index in [0.717, 1.165) is 0 Å². The summed E-state index contributed by atoms with van der Waals surface area (Å²) in [6.07, 6.45) is 2.06. The van der Waals surface area contributed by atoms with Crippen LogP contribution < -0.4 is 0 Å². The Morgan fingerprint density at radius 2 is 2.10 bits per heavy atom. The molecule has 10 heavy (non-hydrogen) atoms. The molecule has 2 heteroatoms. The molecule has 0 saturated heterocycles. The highest BCUT2D eigenvalue weighted by molar-refractivity contribution is 9.09. The molecule has 0 aromatic carbocycles. The Bertz CT molecular complexity index is 118. The van der Waals surface area contributed by atoms with Crippen LogP contribution in [-0.4, -0.2) is 16.5 Å². The molecule has 60 valence electrons. The minimum atomic E-state index is 0.232. The number of hydrogen-bond donors (Lipinski definition) is 1. The zero-order valence-corrected chi connectivity index (χ0v) is 8.35. The Labute approximate surface area is 71.3 Å². The van der Waals surface area contributed by atoms with Crippen LogP contribution in [0.3, 0.4) is 0 Å². The van der Waals surface area contributed by atoms with Crippen LogP contribution in [-0.2, 0) is 0 Å². The van der Waals surface area contributed by atoms with E-state index in [1.165, 1.54) is 5.57 Å². The predicted molar refractivity (Wildman–Crippen MR) is 48.4 cm³/mol. The second kappa shape index (κ2) is 4.91. The molecule has 1 unspecified atom stereocenters. The van der Waals surface area contributed by atoms with Crippen LogP contribution in [0.15, 0.2) is 11.6 Å². The fourth-order valence-corrected chi connectivity index (χ4v) is 1.73. The lowest BCUT2D eigenvalue weighted by Gasteiger charge is -2.14. The van der Waals surface area contributed by atoms with Crippen molar-refractivity contribution < 1.29 is 5.11 Å². The van der Waals surface area contributed by atoms with E-state index in [1.54, 1.807) is 0 Å². The lowest BCUT2D eigenvalue weighted by molar-refractivity contribution is 0.254. The van der Waals surface area contributed by atoms with Gasteiger partial charge in [-0.2, -0.15) is 0 Å². The fourth-order valence-electron chi connectivity index (χ4n) is 1.01. The van der Waals surface area contributed by atoms with E-state index < -0.39 is 0 Å². The van der Waals surface area contributed by atoms with E-state index in [2.05, 4.69) is 28.9 Å². The van der Waals surface area contributed by atoms with Crippen molar-refractivity contribution in [3.05, 3.63) is 11.6 Å². The smallest absolute Gasteiger partial charge is 0.0494 e. The van der Waals surface area contributed by atoms with Gasteiger partial charge in [0.05, 0.1) is 0 Å². The lowest BCUT2D eigenvalue weighted by atomic mass is 10.00. The maximum absolute atomic E-state index is 8.82. The second-order valence-corrected chi connectivity index (χ2v) is 3.86. The molecule has 0 heterocycles. The van der Waals surface area contributed by atoms with Gasteiger partial charge in [-0.3, -0.25) is 0 Å². The summed E-state index contributed by atoms with van der Waals surface area (Å²) in [5.74, 6) is 0.277. The first-order chi connectivity index (χ1) is 4.63. The average Bonchev–Trinajstić information content (AvgIpc) is 1.88. The third-order valence-electron chi connectivity index (χ3n) is 1.64. The van der Waals surface area contributed by atoms with Gasteiger partial charge in [0.15, 0.2) is 0 Å². The molecule has 0 rings (SSSR count). The summed E-state index contributed by atoms with van der Waals surface area (Å²) in [5, 5.41) is 8.82. The molecule has 0 aliphatic rings. The van der Waals surface area contributed by atoms with Crippen molar-refractivity contribution in [1.29, 1.82) is 0 Å². The molecule has 0 bridgehead atoms. The van der Waals surface area contributed by atoms with Gasteiger partial charge in [-0.1, -0.05) is 34.5 Å². The van der Waals surface area contributed by atoms with E-state index >= 15 is 0 Å². The topological polar surface area (TPSA) is 20.2 Å². The number of halogens is 1. The minimum absolute atomic E-state index is 0.232. The summed E-state index contributed by atoms with van der Waals surface area (Å²) >= 11 is 3.46. The van der Waals surface area contributed by atoms with E-state index in [-0.39, 0.29) is 12.5 Å². The quantitative estimate of drug-likeness (QED) is 0.556. The molecular formula is C8H15BrO. The number of aliphatic hydroxyl groups excluding tert-OH is 1. The van der Waals surface area contributed by atoms with Crippen molar-refractivity contribution >= 4 is 15.9 Å². The molecule has 1 nitrogen and oxygen atoms in total. The molecule has 1 N–H and O–H groups in total. The van der Waals surface area contributed by atoms with Gasteiger partial charge < -0.3 is 5.11 Å². The van der Waals surface area contributed by atoms with Crippen molar-refractivity contribution in [2.45, 2.75) is 25.6 Å². The molecule has 0 spiro atoms. The number of alkyl halides is 1. The third kappa shape index (κ3) is 2.84. The van der Waals surface area contributed by atoms with Crippen molar-refractivity contribution in [1.82, 2.24) is 0 Å². The van der Waals surface area contributed by atoms with Crippen LogP contribution in [0.2, 0.25) is 0 Å². The van der Waals surface area contributed by atoms with Crippen molar-refractivity contribution in [3.63, 3.8) is 0 Å². The SMILES string of the molecule is C/C=C(/C(C)CO)[C@@H](C)Br. The molecule has 2 atom stereocenters. The van der Waals surface area contributed by atoms with E-state index in [9.17, 15) is 0 Å². The molecule has 0 fully saturated rings. The Balaban J connectivity index is 4.08. The summed E-state index contributed by atoms with van der Waals surface area (Å²) in [6, 6.07) is 0. The lowest BCUT2D eigenvalue weighted by Crippen LogP contribution is -2.10. The first kappa shape index (κ1) is 10.2. The fraction of sp³-hybridized carbons (Fsp3) is 0.750. The number of allylic oxidation sites excluding steroid dienone is 1. The largest absolute Gasteiger partial charge is 0.396 e. The van der Waals surface area contributed by atoms with E-state index in [0.29, 0.717) is 4.83 Å². The first-order valence-corrected chi connectivity index (χ1v) is 4.46. The second-order valence-electron chi connectivity index (χ2n) is 2.49. The van der Waals surface area contributed by atoms with Crippen LogP contribution in [0.25, 0.3) is 0 Å². The summed E-state index contributed by atoms with van der Waals surface area (Å²) in [7, 11) is 0. The predicted octanol–water partition coefficient (Wildman–Crippen LogP) is 2.34. The summed E-state index contributed by atoms with van der Waals surface area (Å²) in [5.41, 5.74) is 1.27. The molecule has 0 aliphatic carbocycles. The maximum atomic E-state index is 8.82. The standard InChI is InChI=1S/C8H15BrO/c1-4-8(7(3)9)6(2)5-10/h4,6-7,10H,5H2,1-3H3/b8-4-/t6?,7-/m1/s1. The van der Waals surface area contributed by atoms with Gasteiger partial charge in [-0.15, -0.1) is 0 Å². The highest BCUT2D eigenvalue weighted by Crippen LogP contribution is 2.19. The summed E-state index contributed by atoms with van der Waals surface area (Å²) in [6.45, 7) is 6.32. The molecule has 0 radical (unpaired) electrons. The molecule has 0 amide bonds. The van der Waals surface area contributed by atoms with Crippen LogP contribution in [0.4, 0.5) is 0 Å². The van der Waals surface area contributed by atoms with Gasteiger partial charge in [0.1, 0.15) is 0 Å². The van der Waals surface area contributed by atoms with E-state index in [4.69, 9.17) is 5.11 Å². The number of hydrogen-bond acceptors (Lipinski definition) is 1. The maximum Gasteiger partial charge on any atom is 0.0494 e. The first-order valence-electron chi connectivity index (χ1n) is 3.54. The molecule has 0 saturated carbocycles. The zero-order valence-electron chi connectivity index (χ0n) is 6.76. The third-order valence-corrected chi connectivity index (χ3v) is 2.16. The number of aliphatic hydroxyl groups is 1. The Kier molecular flexibility index (Phi) is 5.00. The highest BCUT2D eigenvalue weighted by atomic mass is 79.9. The van der Waals surface area contributed by atoms with Crippen LogP contribution >= 0.6 is 15.9 Å². The zero-order chi connectivity index (χ0) is 8.15. The van der Waals surface area contributed by atoms with Gasteiger partial charge in [0.25, 0.3) is 0 Å². The summed E-state index contributed by atoms with van der Waals surface area (Å²) < 4.78 is 0. The molecular weight excluding hydrogens is 192 g/mol. The van der Waals surface area contributed by atoms with Crippen molar-refractivity contribution in [3.8, 4) is 0 Å². The van der Waals surface area contributed by atoms with E-state index in [1.807, 2.05) is 13.8 Å². The van der Waals surface area contributed by atoms with Crippen molar-refractivity contribution in [2.24, 2.45) is 5.92 Å². The Hall–Kier alpha value is 0.180. The normalized spacial score (nSPS) is 18.7. The highest BCUT2D eigenvalue weighted by Gasteiger charge is 2.10. The van der Waals surface area contributed by atoms with Gasteiger partial charge in [0, 0.05) is 17.4 Å². The van der Waals surface area contributed by atoms with Crippen LogP contribution in [0.5, 0.6) is 0 Å². The van der Waals surface area contributed by atoms with Crippen LogP contribution in [0, 0.1) is 5.92 Å². The number of rotatable bonds is 3. The van der Waals surface area contributed by atoms with Gasteiger partial charge >= 0.3 is 0 Å². The van der Waals surface area contributed by atoms with Crippen molar-refractivity contribution in [2.75, 3.05) is 6.61 Å². The van der Waals surface area contributed by atoms with Gasteiger partial charge in [0.2, 0.25) is 0 Å². The Morgan fingerprint density at radius 1 is 1.60 bits per heavy atom. The monoisotopic (exact) mass is 206 g/mol. The van der Waals surface area contributed by atoms with Crippen LogP contribution in [0.1, 0.15) is 20.8 Å². The average molecular weight is 207 g/mol.